The highest BCUT2D eigenvalue weighted by atomic mass is 16.5. The zero-order valence-corrected chi connectivity index (χ0v) is 18.3. The number of carbonyl (C=O) groups excluding carboxylic acids is 1. The second-order valence-electron chi connectivity index (χ2n) is 7.81. The number of aromatic nitrogens is 1. The van der Waals surface area contributed by atoms with Gasteiger partial charge in [0.2, 0.25) is 11.8 Å². The largest absolute Gasteiger partial charge is 0.385 e. The van der Waals surface area contributed by atoms with Crippen LogP contribution in [0.1, 0.15) is 38.2 Å². The Kier molecular flexibility index (Phi) is 8.28. The normalized spacial score (nSPS) is 16.6. The van der Waals surface area contributed by atoms with E-state index in [1.807, 2.05) is 35.2 Å². The Morgan fingerprint density at radius 2 is 2.03 bits per heavy atom. The molecule has 1 aromatic heterocycles. The van der Waals surface area contributed by atoms with Gasteiger partial charge in [0.05, 0.1) is 12.1 Å². The molecule has 0 aliphatic carbocycles. The minimum absolute atomic E-state index is 0.0496. The van der Waals surface area contributed by atoms with Crippen molar-refractivity contribution in [3.63, 3.8) is 0 Å². The smallest absolute Gasteiger partial charge is 0.248 e. The molecule has 7 nitrogen and oxygen atoms in total. The Labute approximate surface area is 178 Å². The number of anilines is 1. The fourth-order valence-corrected chi connectivity index (χ4v) is 3.99. The van der Waals surface area contributed by atoms with E-state index in [0.29, 0.717) is 25.7 Å². The lowest BCUT2D eigenvalue weighted by Crippen LogP contribution is -2.39. The number of hydrogen-bond donors (Lipinski definition) is 0. The number of benzene rings is 1. The molecule has 0 saturated carbocycles. The number of nitrogens with zero attached hydrogens (tertiary/aromatic N) is 3. The molecule has 1 fully saturated rings. The zero-order chi connectivity index (χ0) is 21.3. The molecule has 0 bridgehead atoms. The summed E-state index contributed by atoms with van der Waals surface area (Å²) in [5.74, 6) is 0.731. The molecule has 1 aliphatic rings. The van der Waals surface area contributed by atoms with Crippen LogP contribution in [-0.2, 0) is 20.8 Å². The average molecular weight is 416 g/mol. The van der Waals surface area contributed by atoms with Crippen molar-refractivity contribution in [1.82, 2.24) is 10.1 Å². The quantitative estimate of drug-likeness (QED) is 0.551. The number of hydrogen-bond acceptors (Lipinski definition) is 6. The van der Waals surface area contributed by atoms with E-state index in [-0.39, 0.29) is 12.5 Å². The Hall–Kier alpha value is -2.38. The van der Waals surface area contributed by atoms with Crippen LogP contribution in [0.5, 0.6) is 0 Å². The summed E-state index contributed by atoms with van der Waals surface area (Å²) in [7, 11) is 3.21. The van der Waals surface area contributed by atoms with Crippen molar-refractivity contribution < 1.29 is 18.8 Å². The van der Waals surface area contributed by atoms with Gasteiger partial charge in [-0.3, -0.25) is 4.79 Å². The summed E-state index contributed by atoms with van der Waals surface area (Å²) in [6, 6.07) is 10.4. The lowest BCUT2D eigenvalue weighted by Gasteiger charge is -2.34. The third-order valence-electron chi connectivity index (χ3n) is 5.62. The van der Waals surface area contributed by atoms with Gasteiger partial charge >= 0.3 is 0 Å². The Morgan fingerprint density at radius 3 is 2.73 bits per heavy atom. The van der Waals surface area contributed by atoms with Crippen LogP contribution in [0.4, 0.5) is 5.88 Å². The van der Waals surface area contributed by atoms with E-state index in [1.165, 1.54) is 6.42 Å². The molecule has 0 radical (unpaired) electrons. The second kappa shape index (κ2) is 11.1. The van der Waals surface area contributed by atoms with Crippen molar-refractivity contribution >= 4 is 11.8 Å². The maximum absolute atomic E-state index is 12.8. The summed E-state index contributed by atoms with van der Waals surface area (Å²) in [4.78, 5) is 16.9. The molecule has 1 aromatic carbocycles. The first-order valence-electron chi connectivity index (χ1n) is 10.7. The van der Waals surface area contributed by atoms with Crippen molar-refractivity contribution in [3.8, 4) is 11.3 Å². The molecule has 164 valence electrons. The van der Waals surface area contributed by atoms with Crippen LogP contribution in [0.2, 0.25) is 0 Å². The molecule has 2 aromatic rings. The van der Waals surface area contributed by atoms with Crippen molar-refractivity contribution in [3.05, 3.63) is 35.9 Å². The van der Waals surface area contributed by atoms with E-state index in [2.05, 4.69) is 17.0 Å². The topological polar surface area (TPSA) is 68.0 Å². The molecular formula is C23H33N3O4. The summed E-state index contributed by atoms with van der Waals surface area (Å²) >= 11 is 0. The monoisotopic (exact) mass is 415 g/mol. The standard InChI is InChI=1S/C23H33N3O4/c1-18-10-7-8-14-26(18)23-20(22(24-30-23)19-11-5-4-6-12-19)16-25(13-9-15-28-2)21(27)17-29-3/h4-6,11-12,18H,7-10,13-17H2,1-3H3. The minimum atomic E-state index is -0.0496. The predicted molar refractivity (Wildman–Crippen MR) is 116 cm³/mol. The van der Waals surface area contributed by atoms with Crippen LogP contribution >= 0.6 is 0 Å². The molecule has 30 heavy (non-hydrogen) atoms. The van der Waals surface area contributed by atoms with E-state index in [9.17, 15) is 4.79 Å². The third-order valence-corrected chi connectivity index (χ3v) is 5.62. The molecular weight excluding hydrogens is 382 g/mol. The highest BCUT2D eigenvalue weighted by Crippen LogP contribution is 2.35. The first kappa shape index (κ1) is 22.3. The van der Waals surface area contributed by atoms with Gasteiger partial charge in [-0.05, 0) is 32.6 Å². The summed E-state index contributed by atoms with van der Waals surface area (Å²) < 4.78 is 16.2. The van der Waals surface area contributed by atoms with Gasteiger partial charge in [-0.25, -0.2) is 0 Å². The maximum atomic E-state index is 12.8. The molecule has 0 spiro atoms. The van der Waals surface area contributed by atoms with Crippen LogP contribution in [0.25, 0.3) is 11.3 Å². The Bertz CT molecular complexity index is 793. The lowest BCUT2D eigenvalue weighted by molar-refractivity contribution is -0.135. The number of piperidine rings is 1. The van der Waals surface area contributed by atoms with Crippen molar-refractivity contribution in [2.45, 2.75) is 45.2 Å². The Morgan fingerprint density at radius 1 is 1.23 bits per heavy atom. The Balaban J connectivity index is 1.95. The molecule has 1 aliphatic heterocycles. The molecule has 1 unspecified atom stereocenters. The van der Waals surface area contributed by atoms with Crippen molar-refractivity contribution in [2.75, 3.05) is 45.4 Å². The lowest BCUT2D eigenvalue weighted by atomic mass is 10.0. The molecule has 0 N–H and O–H groups in total. The number of amides is 1. The van der Waals surface area contributed by atoms with Crippen LogP contribution in [0.15, 0.2) is 34.9 Å². The highest BCUT2D eigenvalue weighted by molar-refractivity contribution is 5.78. The fourth-order valence-electron chi connectivity index (χ4n) is 3.99. The van der Waals surface area contributed by atoms with E-state index in [1.54, 1.807) is 14.2 Å². The number of ether oxygens (including phenoxy) is 2. The van der Waals surface area contributed by atoms with Gasteiger partial charge < -0.3 is 23.8 Å². The number of methoxy groups -OCH3 is 2. The predicted octanol–water partition coefficient (Wildman–Crippen LogP) is 3.73. The SMILES string of the molecule is COCCCN(Cc1c(-c2ccccc2)noc1N1CCCCC1C)C(=O)COC. The van der Waals surface area contributed by atoms with Gasteiger partial charge in [-0.1, -0.05) is 35.5 Å². The summed E-state index contributed by atoms with van der Waals surface area (Å²) in [6.07, 6.45) is 4.24. The van der Waals surface area contributed by atoms with Gasteiger partial charge in [-0.2, -0.15) is 0 Å². The van der Waals surface area contributed by atoms with Gasteiger partial charge in [0.15, 0.2) is 0 Å². The van der Waals surface area contributed by atoms with Gasteiger partial charge in [0, 0.05) is 45.5 Å². The van der Waals surface area contributed by atoms with Crippen LogP contribution in [0, 0.1) is 0 Å². The first-order valence-corrected chi connectivity index (χ1v) is 10.7. The van der Waals surface area contributed by atoms with Gasteiger partial charge in [0.25, 0.3) is 0 Å². The van der Waals surface area contributed by atoms with Crippen LogP contribution in [-0.4, -0.2) is 62.5 Å². The molecule has 1 atom stereocenters. The molecule has 7 heteroatoms. The summed E-state index contributed by atoms with van der Waals surface area (Å²) in [5, 5.41) is 4.44. The van der Waals surface area contributed by atoms with Gasteiger partial charge in [0.1, 0.15) is 12.3 Å². The summed E-state index contributed by atoms with van der Waals surface area (Å²) in [5.41, 5.74) is 2.74. The maximum Gasteiger partial charge on any atom is 0.248 e. The average Bonchev–Trinajstić information content (AvgIpc) is 3.17. The van der Waals surface area contributed by atoms with E-state index in [0.717, 1.165) is 48.5 Å². The first-order chi connectivity index (χ1) is 14.7. The number of rotatable bonds is 10. The van der Waals surface area contributed by atoms with E-state index >= 15 is 0 Å². The molecule has 1 amide bonds. The molecule has 3 rings (SSSR count). The number of carbonyl (C=O) groups is 1. The zero-order valence-electron chi connectivity index (χ0n) is 18.3. The van der Waals surface area contributed by atoms with Gasteiger partial charge in [-0.15, -0.1) is 0 Å². The van der Waals surface area contributed by atoms with Crippen LogP contribution < -0.4 is 4.90 Å². The molecule has 1 saturated heterocycles. The van der Waals surface area contributed by atoms with Crippen molar-refractivity contribution in [1.29, 1.82) is 0 Å². The summed E-state index contributed by atoms with van der Waals surface area (Å²) in [6.45, 7) is 4.83. The molecule has 2 heterocycles. The van der Waals surface area contributed by atoms with Crippen molar-refractivity contribution in [2.24, 2.45) is 0 Å². The minimum Gasteiger partial charge on any atom is -0.385 e. The van der Waals surface area contributed by atoms with Crippen LogP contribution in [0.3, 0.4) is 0 Å². The van der Waals surface area contributed by atoms with E-state index in [4.69, 9.17) is 14.0 Å². The fraction of sp³-hybridized carbons (Fsp3) is 0.565. The highest BCUT2D eigenvalue weighted by Gasteiger charge is 2.29. The third kappa shape index (κ3) is 5.40. The van der Waals surface area contributed by atoms with E-state index < -0.39 is 0 Å². The second-order valence-corrected chi connectivity index (χ2v) is 7.81.